The van der Waals surface area contributed by atoms with Crippen molar-refractivity contribution in [1.29, 1.82) is 0 Å². The molecule has 6 rings (SSSR count). The molecule has 2 aromatic carbocycles. The molecule has 0 aliphatic carbocycles. The van der Waals surface area contributed by atoms with E-state index in [4.69, 9.17) is 19.2 Å². The summed E-state index contributed by atoms with van der Waals surface area (Å²) in [6.07, 6.45) is 1.68. The highest BCUT2D eigenvalue weighted by atomic mass is 79.9. The van der Waals surface area contributed by atoms with Crippen molar-refractivity contribution in [2.45, 2.75) is 19.0 Å². The van der Waals surface area contributed by atoms with Gasteiger partial charge in [0.25, 0.3) is 0 Å². The van der Waals surface area contributed by atoms with Crippen LogP contribution in [0.4, 0.5) is 4.39 Å². The maximum atomic E-state index is 14.0. The first-order valence-corrected chi connectivity index (χ1v) is 16.2. The maximum absolute atomic E-state index is 14.0. The van der Waals surface area contributed by atoms with Gasteiger partial charge < -0.3 is 24.6 Å². The van der Waals surface area contributed by atoms with Crippen molar-refractivity contribution in [2.24, 2.45) is 4.99 Å². The van der Waals surface area contributed by atoms with Crippen LogP contribution in [-0.4, -0.2) is 90.2 Å². The van der Waals surface area contributed by atoms with Crippen LogP contribution < -0.4 is 14.8 Å². The SMILES string of the molecule is CCOC(=O)C1=C(CN2CCN(C(C(=O)O)c3ccc4c(c3)OCCO4)CC2)NC(c2nccs2)=NC1c1ccc(F)cc1Br. The zero-order valence-electron chi connectivity index (χ0n) is 24.4. The number of nitrogens with zero attached hydrogens (tertiary/aromatic N) is 4. The number of rotatable bonds is 9. The second-order valence-corrected chi connectivity index (χ2v) is 12.3. The summed E-state index contributed by atoms with van der Waals surface area (Å²) in [6, 6.07) is 7.93. The van der Waals surface area contributed by atoms with Gasteiger partial charge in [0, 0.05) is 54.5 Å². The van der Waals surface area contributed by atoms with E-state index in [2.05, 4.69) is 31.1 Å². The number of benzene rings is 2. The Bertz CT molecular complexity index is 1640. The normalized spacial score (nSPS) is 19.4. The molecule has 2 unspecified atom stereocenters. The second-order valence-electron chi connectivity index (χ2n) is 10.6. The van der Waals surface area contributed by atoms with Crippen LogP contribution in [0.25, 0.3) is 0 Å². The number of thiazole rings is 1. The Kier molecular flexibility index (Phi) is 9.45. The fourth-order valence-electron chi connectivity index (χ4n) is 5.71. The summed E-state index contributed by atoms with van der Waals surface area (Å²) in [5.74, 6) is -0.233. The number of aliphatic carboxylic acids is 1. The lowest BCUT2D eigenvalue weighted by molar-refractivity contribution is -0.144. The summed E-state index contributed by atoms with van der Waals surface area (Å²) in [7, 11) is 0. The van der Waals surface area contributed by atoms with Gasteiger partial charge in [-0.2, -0.15) is 0 Å². The van der Waals surface area contributed by atoms with Crippen LogP contribution >= 0.6 is 27.3 Å². The van der Waals surface area contributed by atoms with Crippen LogP contribution in [0.5, 0.6) is 11.5 Å². The van der Waals surface area contributed by atoms with Gasteiger partial charge in [-0.05, 0) is 42.3 Å². The average molecular weight is 701 g/mol. The minimum atomic E-state index is -0.946. The van der Waals surface area contributed by atoms with Gasteiger partial charge in [-0.25, -0.2) is 14.2 Å². The number of piperazine rings is 1. The first-order valence-electron chi connectivity index (χ1n) is 14.5. The van der Waals surface area contributed by atoms with Crippen molar-refractivity contribution in [3.8, 4) is 11.5 Å². The molecule has 3 aliphatic heterocycles. The van der Waals surface area contributed by atoms with Crippen molar-refractivity contribution in [2.75, 3.05) is 52.5 Å². The molecular weight excluding hydrogens is 669 g/mol. The number of carbonyl (C=O) groups is 2. The van der Waals surface area contributed by atoms with E-state index in [1.807, 2.05) is 10.3 Å². The van der Waals surface area contributed by atoms with Gasteiger partial charge in [0.05, 0.1) is 12.2 Å². The topological polar surface area (TPSA) is 126 Å². The molecule has 1 aromatic heterocycles. The number of aliphatic imine (C=N–C) groups is 1. The number of hydrogen-bond acceptors (Lipinski definition) is 11. The summed E-state index contributed by atoms with van der Waals surface area (Å²) in [6.45, 7) is 5.18. The lowest BCUT2D eigenvalue weighted by Gasteiger charge is -2.39. The van der Waals surface area contributed by atoms with Crippen LogP contribution in [0.2, 0.25) is 0 Å². The summed E-state index contributed by atoms with van der Waals surface area (Å²) >= 11 is 4.87. The first kappa shape index (κ1) is 31.1. The Hall–Kier alpha value is -3.85. The molecule has 4 heterocycles. The van der Waals surface area contributed by atoms with Gasteiger partial charge >= 0.3 is 11.9 Å². The number of fused-ring (bicyclic) bond motifs is 1. The summed E-state index contributed by atoms with van der Waals surface area (Å²) < 4.78 is 31.3. The molecule has 3 aromatic rings. The minimum Gasteiger partial charge on any atom is -0.486 e. The van der Waals surface area contributed by atoms with Crippen molar-refractivity contribution >= 4 is 45.0 Å². The average Bonchev–Trinajstić information content (AvgIpc) is 3.57. The predicted molar refractivity (Wildman–Crippen MR) is 168 cm³/mol. The monoisotopic (exact) mass is 699 g/mol. The zero-order valence-corrected chi connectivity index (χ0v) is 26.8. The minimum absolute atomic E-state index is 0.172. The number of halogens is 2. The molecule has 0 spiro atoms. The fraction of sp³-hybridized carbons (Fsp3) is 0.355. The lowest BCUT2D eigenvalue weighted by atomic mass is 9.95. The van der Waals surface area contributed by atoms with Crippen molar-refractivity contribution < 1.29 is 33.3 Å². The number of ether oxygens (including phenoxy) is 3. The highest BCUT2D eigenvalue weighted by Gasteiger charge is 2.36. The summed E-state index contributed by atoms with van der Waals surface area (Å²) in [5.41, 5.74) is 2.16. The van der Waals surface area contributed by atoms with Crippen molar-refractivity contribution in [1.82, 2.24) is 20.1 Å². The van der Waals surface area contributed by atoms with Gasteiger partial charge in [0.15, 0.2) is 22.3 Å². The second kappa shape index (κ2) is 13.6. The Morgan fingerprint density at radius 3 is 2.62 bits per heavy atom. The highest BCUT2D eigenvalue weighted by Crippen LogP contribution is 2.38. The lowest BCUT2D eigenvalue weighted by Crippen LogP contribution is -2.51. The number of esters is 1. The molecule has 14 heteroatoms. The third kappa shape index (κ3) is 6.73. The van der Waals surface area contributed by atoms with E-state index < -0.39 is 29.8 Å². The standard InChI is InChI=1S/C31H31BrFN5O6S/c1-2-42-31(41)25-22(35-28(29-34-7-14-45-29)36-26(25)20-5-4-19(33)16-21(20)32)17-37-8-10-38(11-9-37)27(30(39)40)18-3-6-23-24(15-18)44-13-12-43-23/h3-7,14-16,26-27H,2,8-13,17H2,1H3,(H,35,36)(H,39,40). The van der Waals surface area contributed by atoms with Crippen LogP contribution in [-0.2, 0) is 14.3 Å². The Labute approximate surface area is 271 Å². The van der Waals surface area contributed by atoms with E-state index in [0.717, 1.165) is 0 Å². The Morgan fingerprint density at radius 2 is 1.93 bits per heavy atom. The molecule has 0 saturated carbocycles. The molecule has 2 N–H and O–H groups in total. The number of amidine groups is 1. The molecule has 236 valence electrons. The zero-order chi connectivity index (χ0) is 31.5. The summed E-state index contributed by atoms with van der Waals surface area (Å²) in [5, 5.41) is 16.0. The summed E-state index contributed by atoms with van der Waals surface area (Å²) in [4.78, 5) is 39.3. The number of hydrogen-bond donors (Lipinski definition) is 2. The molecule has 45 heavy (non-hydrogen) atoms. The smallest absolute Gasteiger partial charge is 0.338 e. The van der Waals surface area contributed by atoms with E-state index in [1.165, 1.54) is 23.5 Å². The molecule has 0 bridgehead atoms. The fourth-order valence-corrected chi connectivity index (χ4v) is 6.87. The molecule has 0 radical (unpaired) electrons. The van der Waals surface area contributed by atoms with Crippen molar-refractivity contribution in [3.05, 3.63) is 85.7 Å². The van der Waals surface area contributed by atoms with Crippen LogP contribution in [0, 0.1) is 5.82 Å². The van der Waals surface area contributed by atoms with Gasteiger partial charge in [-0.1, -0.05) is 28.1 Å². The number of carbonyl (C=O) groups excluding carboxylic acids is 1. The Balaban J connectivity index is 1.26. The van der Waals surface area contributed by atoms with Gasteiger partial charge in [-0.3, -0.25) is 19.6 Å². The molecular formula is C31H31BrFN5O6S. The van der Waals surface area contributed by atoms with E-state index in [1.54, 1.807) is 37.4 Å². The van der Waals surface area contributed by atoms with Gasteiger partial charge in [0.1, 0.15) is 31.1 Å². The number of carboxylic acid groups (broad SMARTS) is 1. The third-order valence-corrected chi connectivity index (χ3v) is 9.25. The third-order valence-electron chi connectivity index (χ3n) is 7.78. The highest BCUT2D eigenvalue weighted by molar-refractivity contribution is 9.10. The van der Waals surface area contributed by atoms with Crippen molar-refractivity contribution in [3.63, 3.8) is 0 Å². The van der Waals surface area contributed by atoms with E-state index >= 15 is 0 Å². The molecule has 11 nitrogen and oxygen atoms in total. The van der Waals surface area contributed by atoms with Crippen LogP contribution in [0.1, 0.15) is 35.1 Å². The number of aromatic nitrogens is 1. The van der Waals surface area contributed by atoms with E-state index in [9.17, 15) is 19.1 Å². The predicted octanol–water partition coefficient (Wildman–Crippen LogP) is 4.17. The van der Waals surface area contributed by atoms with Crippen LogP contribution in [0.3, 0.4) is 0 Å². The molecule has 1 saturated heterocycles. The largest absolute Gasteiger partial charge is 0.486 e. The van der Waals surface area contributed by atoms with Crippen LogP contribution in [0.15, 0.2) is 68.7 Å². The molecule has 3 aliphatic rings. The quantitative estimate of drug-likeness (QED) is 0.315. The van der Waals surface area contributed by atoms with Gasteiger partial charge in [-0.15, -0.1) is 11.3 Å². The molecule has 1 fully saturated rings. The Morgan fingerprint density at radius 1 is 1.16 bits per heavy atom. The molecule has 2 atom stereocenters. The molecule has 0 amide bonds. The van der Waals surface area contributed by atoms with Gasteiger partial charge in [0.2, 0.25) is 0 Å². The van der Waals surface area contributed by atoms with E-state index in [0.29, 0.717) is 95.1 Å². The van der Waals surface area contributed by atoms with E-state index in [-0.39, 0.29) is 6.61 Å². The first-order chi connectivity index (χ1) is 21.8. The number of nitrogens with one attached hydrogen (secondary N) is 1. The maximum Gasteiger partial charge on any atom is 0.338 e. The number of carboxylic acids is 1.